The van der Waals surface area contributed by atoms with Crippen LogP contribution in [-0.4, -0.2) is 41.8 Å². The molecule has 0 radical (unpaired) electrons. The summed E-state index contributed by atoms with van der Waals surface area (Å²) in [5.41, 5.74) is 3.17. The van der Waals surface area contributed by atoms with Gasteiger partial charge in [0.05, 0.1) is 5.69 Å². The van der Waals surface area contributed by atoms with Crippen LogP contribution in [0.2, 0.25) is 0 Å². The van der Waals surface area contributed by atoms with Gasteiger partial charge in [-0.1, -0.05) is 89.6 Å². The summed E-state index contributed by atoms with van der Waals surface area (Å²) in [6.45, 7) is 2.60. The summed E-state index contributed by atoms with van der Waals surface area (Å²) in [5.74, 6) is -0.693. The highest BCUT2D eigenvalue weighted by molar-refractivity contribution is 9.10. The first-order valence-corrected chi connectivity index (χ1v) is 13.9. The van der Waals surface area contributed by atoms with E-state index in [2.05, 4.69) is 21.2 Å². The molecule has 4 aromatic carbocycles. The Morgan fingerprint density at radius 1 is 0.897 bits per heavy atom. The average Bonchev–Trinajstić information content (AvgIpc) is 3.23. The molecule has 1 aliphatic rings. The van der Waals surface area contributed by atoms with Crippen LogP contribution >= 0.6 is 15.9 Å². The number of halogens is 1. The molecule has 198 valence electrons. The first kappa shape index (κ1) is 26.6. The SMILES string of the molecule is CCCNC(=O)C(Cc1ccccc1)N(Cc1ccc(Br)cc1)C(=O)CN1C(=O)c2cccc3cccc1c23. The van der Waals surface area contributed by atoms with Gasteiger partial charge in [0.1, 0.15) is 12.6 Å². The van der Waals surface area contributed by atoms with Crippen LogP contribution in [0.1, 0.15) is 34.8 Å². The smallest absolute Gasteiger partial charge is 0.259 e. The van der Waals surface area contributed by atoms with Crippen molar-refractivity contribution in [3.05, 3.63) is 112 Å². The lowest BCUT2D eigenvalue weighted by atomic mass is 10.0. The second kappa shape index (κ2) is 11.8. The number of nitrogens with zero attached hydrogens (tertiary/aromatic N) is 2. The molecule has 0 spiro atoms. The number of rotatable bonds is 10. The Morgan fingerprint density at radius 2 is 1.62 bits per heavy atom. The quantitative estimate of drug-likeness (QED) is 0.259. The number of amides is 3. The van der Waals surface area contributed by atoms with Crippen molar-refractivity contribution in [2.75, 3.05) is 18.0 Å². The van der Waals surface area contributed by atoms with E-state index < -0.39 is 6.04 Å². The van der Waals surface area contributed by atoms with Crippen LogP contribution in [0.3, 0.4) is 0 Å². The average molecular weight is 585 g/mol. The van der Waals surface area contributed by atoms with Crippen molar-refractivity contribution in [2.24, 2.45) is 0 Å². The Morgan fingerprint density at radius 3 is 2.33 bits per heavy atom. The third-order valence-corrected chi connectivity index (χ3v) is 7.56. The van der Waals surface area contributed by atoms with Crippen LogP contribution in [0.4, 0.5) is 5.69 Å². The monoisotopic (exact) mass is 583 g/mol. The number of anilines is 1. The summed E-state index contributed by atoms with van der Waals surface area (Å²) in [7, 11) is 0. The van der Waals surface area contributed by atoms with E-state index in [1.54, 1.807) is 11.0 Å². The molecule has 1 aliphatic heterocycles. The maximum Gasteiger partial charge on any atom is 0.259 e. The Labute approximate surface area is 236 Å². The van der Waals surface area contributed by atoms with Gasteiger partial charge >= 0.3 is 0 Å². The van der Waals surface area contributed by atoms with Gasteiger partial charge in [-0.05, 0) is 47.2 Å². The standard InChI is InChI=1S/C32H30BrN3O3/c1-2-18-34-31(38)28(19-22-8-4-3-5-9-22)35(20-23-14-16-25(33)17-15-23)29(37)21-36-27-13-7-11-24-10-6-12-26(30(24)27)32(36)39/h3-17,28H,2,18-21H2,1H3,(H,34,38). The van der Waals surface area contributed by atoms with Gasteiger partial charge in [0.15, 0.2) is 0 Å². The third-order valence-electron chi connectivity index (χ3n) is 7.03. The summed E-state index contributed by atoms with van der Waals surface area (Å²) < 4.78 is 0.930. The van der Waals surface area contributed by atoms with Gasteiger partial charge in [-0.15, -0.1) is 0 Å². The minimum absolute atomic E-state index is 0.157. The van der Waals surface area contributed by atoms with Crippen LogP contribution in [0.15, 0.2) is 95.5 Å². The van der Waals surface area contributed by atoms with Crippen LogP contribution in [0, 0.1) is 0 Å². The summed E-state index contributed by atoms with van der Waals surface area (Å²) in [6.07, 6.45) is 1.15. The highest BCUT2D eigenvalue weighted by Gasteiger charge is 2.35. The van der Waals surface area contributed by atoms with Crippen molar-refractivity contribution in [1.82, 2.24) is 10.2 Å². The lowest BCUT2D eigenvalue weighted by molar-refractivity contribution is -0.140. The van der Waals surface area contributed by atoms with E-state index in [0.717, 1.165) is 38.5 Å². The maximum atomic E-state index is 14.1. The van der Waals surface area contributed by atoms with Crippen molar-refractivity contribution >= 4 is 50.1 Å². The molecule has 0 aliphatic carbocycles. The summed E-state index contributed by atoms with van der Waals surface area (Å²) >= 11 is 3.47. The zero-order valence-corrected chi connectivity index (χ0v) is 23.4. The number of carbonyl (C=O) groups excluding carboxylic acids is 3. The van der Waals surface area contributed by atoms with E-state index in [1.807, 2.05) is 91.9 Å². The number of hydrogen-bond donors (Lipinski definition) is 1. The second-order valence-electron chi connectivity index (χ2n) is 9.72. The highest BCUT2D eigenvalue weighted by atomic mass is 79.9. The van der Waals surface area contributed by atoms with E-state index in [-0.39, 0.29) is 30.8 Å². The molecule has 6 nitrogen and oxygen atoms in total. The second-order valence-corrected chi connectivity index (χ2v) is 10.6. The van der Waals surface area contributed by atoms with Gasteiger partial charge in [0.25, 0.3) is 5.91 Å². The van der Waals surface area contributed by atoms with E-state index in [9.17, 15) is 14.4 Å². The molecule has 0 saturated heterocycles. The van der Waals surface area contributed by atoms with Crippen molar-refractivity contribution in [3.63, 3.8) is 0 Å². The van der Waals surface area contributed by atoms with Crippen LogP contribution in [-0.2, 0) is 22.6 Å². The molecule has 0 fully saturated rings. The minimum Gasteiger partial charge on any atom is -0.354 e. The van der Waals surface area contributed by atoms with Crippen LogP contribution in [0.5, 0.6) is 0 Å². The summed E-state index contributed by atoms with van der Waals surface area (Å²) in [6, 6.07) is 28.0. The lowest BCUT2D eigenvalue weighted by Crippen LogP contribution is -2.53. The molecular weight excluding hydrogens is 554 g/mol. The molecule has 39 heavy (non-hydrogen) atoms. The maximum absolute atomic E-state index is 14.1. The molecule has 4 aromatic rings. The summed E-state index contributed by atoms with van der Waals surface area (Å²) in [4.78, 5) is 44.3. The van der Waals surface area contributed by atoms with Crippen LogP contribution < -0.4 is 10.2 Å². The van der Waals surface area contributed by atoms with Crippen molar-refractivity contribution in [3.8, 4) is 0 Å². The molecule has 0 aromatic heterocycles. The van der Waals surface area contributed by atoms with E-state index in [1.165, 1.54) is 4.90 Å². The zero-order valence-electron chi connectivity index (χ0n) is 21.8. The fourth-order valence-corrected chi connectivity index (χ4v) is 5.33. The molecule has 7 heteroatoms. The molecule has 1 N–H and O–H groups in total. The number of nitrogens with one attached hydrogen (secondary N) is 1. The van der Waals surface area contributed by atoms with E-state index in [4.69, 9.17) is 0 Å². The largest absolute Gasteiger partial charge is 0.354 e. The molecule has 0 saturated carbocycles. The van der Waals surface area contributed by atoms with Crippen LogP contribution in [0.25, 0.3) is 10.8 Å². The number of carbonyl (C=O) groups is 3. The molecule has 3 amide bonds. The Bertz CT molecular complexity index is 1500. The van der Waals surface area contributed by atoms with Crippen molar-refractivity contribution in [2.45, 2.75) is 32.4 Å². The fraction of sp³-hybridized carbons (Fsp3) is 0.219. The van der Waals surface area contributed by atoms with E-state index in [0.29, 0.717) is 18.5 Å². The minimum atomic E-state index is -0.744. The zero-order chi connectivity index (χ0) is 27.4. The van der Waals surface area contributed by atoms with E-state index >= 15 is 0 Å². The first-order valence-electron chi connectivity index (χ1n) is 13.2. The molecular formula is C32H30BrN3O3. The molecule has 1 unspecified atom stereocenters. The summed E-state index contributed by atoms with van der Waals surface area (Å²) in [5, 5.41) is 4.81. The first-order chi connectivity index (χ1) is 19.0. The normalized spacial score (nSPS) is 13.0. The number of benzene rings is 4. The van der Waals surface area contributed by atoms with Gasteiger partial charge < -0.3 is 10.2 Å². The third kappa shape index (κ3) is 5.73. The molecule has 1 heterocycles. The predicted molar refractivity (Wildman–Crippen MR) is 158 cm³/mol. The van der Waals surface area contributed by atoms with Gasteiger partial charge in [0.2, 0.25) is 11.8 Å². The van der Waals surface area contributed by atoms with Crippen molar-refractivity contribution < 1.29 is 14.4 Å². The lowest BCUT2D eigenvalue weighted by Gasteiger charge is -2.33. The topological polar surface area (TPSA) is 69.7 Å². The van der Waals surface area contributed by atoms with Gasteiger partial charge in [0, 0.05) is 34.9 Å². The predicted octanol–water partition coefficient (Wildman–Crippen LogP) is 5.73. The van der Waals surface area contributed by atoms with Gasteiger partial charge in [-0.3, -0.25) is 19.3 Å². The molecule has 1 atom stereocenters. The number of hydrogen-bond acceptors (Lipinski definition) is 3. The molecule has 0 bridgehead atoms. The van der Waals surface area contributed by atoms with Gasteiger partial charge in [-0.2, -0.15) is 0 Å². The van der Waals surface area contributed by atoms with Gasteiger partial charge in [-0.25, -0.2) is 0 Å². The highest BCUT2D eigenvalue weighted by Crippen LogP contribution is 2.37. The molecule has 5 rings (SSSR count). The Balaban J connectivity index is 1.50. The Hall–Kier alpha value is -3.97. The Kier molecular flexibility index (Phi) is 8.07. The fourth-order valence-electron chi connectivity index (χ4n) is 5.07. The van der Waals surface area contributed by atoms with Crippen molar-refractivity contribution in [1.29, 1.82) is 0 Å².